The van der Waals surface area contributed by atoms with Crippen molar-refractivity contribution in [2.45, 2.75) is 31.8 Å². The molecule has 0 unspecified atom stereocenters. The number of nitrogens with zero attached hydrogens (tertiary/aromatic N) is 2. The molecule has 3 aromatic rings. The minimum absolute atomic E-state index is 0.159. The summed E-state index contributed by atoms with van der Waals surface area (Å²) in [4.78, 5) is 12.8. The Hall–Kier alpha value is -2.97. The first kappa shape index (κ1) is 18.4. The fraction of sp³-hybridized carbons (Fsp3) is 0.200. The van der Waals surface area contributed by atoms with Gasteiger partial charge in [-0.1, -0.05) is 35.9 Å². The molecule has 0 aliphatic carbocycles. The van der Waals surface area contributed by atoms with Gasteiger partial charge in [-0.05, 0) is 37.6 Å². The van der Waals surface area contributed by atoms with Crippen LogP contribution in [0.1, 0.15) is 32.7 Å². The maximum atomic E-state index is 13.0. The fourth-order valence-electron chi connectivity index (χ4n) is 3.33. The van der Waals surface area contributed by atoms with Crippen LogP contribution in [0.5, 0.6) is 0 Å². The van der Waals surface area contributed by atoms with Crippen molar-refractivity contribution in [3.63, 3.8) is 0 Å². The number of aromatic amines is 1. The second-order valence-electron chi connectivity index (χ2n) is 6.89. The number of H-pyrrole nitrogens is 1. The van der Waals surface area contributed by atoms with Gasteiger partial charge in [-0.25, -0.2) is 8.42 Å². The van der Waals surface area contributed by atoms with Crippen molar-refractivity contribution in [1.82, 2.24) is 14.5 Å². The Balaban J connectivity index is 1.57. The van der Waals surface area contributed by atoms with Crippen LogP contribution in [-0.2, 0) is 23.1 Å². The zero-order valence-electron chi connectivity index (χ0n) is 15.6. The van der Waals surface area contributed by atoms with Crippen LogP contribution < -0.4 is 5.32 Å². The number of carbonyl (C=O) groups excluding carboxylic acids is 1. The summed E-state index contributed by atoms with van der Waals surface area (Å²) in [5.74, 6) is 0.166. The van der Waals surface area contributed by atoms with Crippen LogP contribution in [0.25, 0.3) is 0 Å². The highest BCUT2D eigenvalue weighted by molar-refractivity contribution is 7.89. The standard InChI is InChI=1S/C20H20N4O3S/c1-13-6-5-8-15(10-13)20(25)21-19-16-11-24(12-17(16)22-23-19)28(26,27)18-9-4-3-7-14(18)2/h3-10H,11-12H2,1-2H3,(H2,21,22,23,25). The lowest BCUT2D eigenvalue weighted by atomic mass is 10.1. The number of aryl methyl sites for hydroxylation is 2. The summed E-state index contributed by atoms with van der Waals surface area (Å²) in [6.45, 7) is 4.02. The first-order chi connectivity index (χ1) is 13.4. The molecule has 0 radical (unpaired) electrons. The maximum Gasteiger partial charge on any atom is 0.256 e. The number of anilines is 1. The molecule has 2 aromatic carbocycles. The Labute approximate surface area is 163 Å². The predicted molar refractivity (Wildman–Crippen MR) is 105 cm³/mol. The van der Waals surface area contributed by atoms with E-state index in [4.69, 9.17) is 0 Å². The van der Waals surface area contributed by atoms with E-state index in [-0.39, 0.29) is 23.9 Å². The fourth-order valence-corrected chi connectivity index (χ4v) is 4.93. The SMILES string of the molecule is Cc1cccc(C(=O)Nc2[nH]nc3c2CN(S(=O)(=O)c2ccccc2C)C3)c1. The average Bonchev–Trinajstić information content (AvgIpc) is 3.24. The van der Waals surface area contributed by atoms with Gasteiger partial charge in [0.05, 0.1) is 17.1 Å². The number of fused-ring (bicyclic) bond motifs is 1. The van der Waals surface area contributed by atoms with Crippen LogP contribution in [0.2, 0.25) is 0 Å². The number of sulfonamides is 1. The molecule has 0 saturated carbocycles. The van der Waals surface area contributed by atoms with Gasteiger partial charge >= 0.3 is 0 Å². The van der Waals surface area contributed by atoms with Crippen molar-refractivity contribution in [3.8, 4) is 0 Å². The van der Waals surface area contributed by atoms with E-state index in [1.807, 2.05) is 25.1 Å². The lowest BCUT2D eigenvalue weighted by Crippen LogP contribution is -2.27. The third-order valence-corrected chi connectivity index (χ3v) is 6.80. The van der Waals surface area contributed by atoms with Gasteiger partial charge in [-0.2, -0.15) is 9.40 Å². The predicted octanol–water partition coefficient (Wildman–Crippen LogP) is 2.98. The van der Waals surface area contributed by atoms with E-state index in [1.165, 1.54) is 4.31 Å². The van der Waals surface area contributed by atoms with Gasteiger partial charge in [0.2, 0.25) is 10.0 Å². The monoisotopic (exact) mass is 396 g/mol. The third-order valence-electron chi connectivity index (χ3n) is 4.84. The zero-order valence-corrected chi connectivity index (χ0v) is 16.4. The van der Waals surface area contributed by atoms with E-state index in [9.17, 15) is 13.2 Å². The Bertz CT molecular complexity index is 1170. The quantitative estimate of drug-likeness (QED) is 0.709. The van der Waals surface area contributed by atoms with E-state index in [2.05, 4.69) is 15.5 Å². The van der Waals surface area contributed by atoms with E-state index >= 15 is 0 Å². The number of carbonyl (C=O) groups is 1. The topological polar surface area (TPSA) is 95.2 Å². The molecule has 1 aliphatic heterocycles. The van der Waals surface area contributed by atoms with Crippen LogP contribution >= 0.6 is 0 Å². The first-order valence-corrected chi connectivity index (χ1v) is 10.3. The Morgan fingerprint density at radius 3 is 2.64 bits per heavy atom. The molecule has 4 rings (SSSR count). The summed E-state index contributed by atoms with van der Waals surface area (Å²) in [6.07, 6.45) is 0. The highest BCUT2D eigenvalue weighted by Gasteiger charge is 2.35. The van der Waals surface area contributed by atoms with Gasteiger partial charge in [-0.15, -0.1) is 0 Å². The van der Waals surface area contributed by atoms with Crippen LogP contribution in [0.4, 0.5) is 5.82 Å². The highest BCUT2D eigenvalue weighted by atomic mass is 32.2. The van der Waals surface area contributed by atoms with Crippen LogP contribution in [-0.4, -0.2) is 28.8 Å². The van der Waals surface area contributed by atoms with Crippen LogP contribution in [0.3, 0.4) is 0 Å². The van der Waals surface area contributed by atoms with E-state index in [1.54, 1.807) is 37.3 Å². The second-order valence-corrected chi connectivity index (χ2v) is 8.79. The summed E-state index contributed by atoms with van der Waals surface area (Å²) in [5.41, 5.74) is 3.53. The van der Waals surface area contributed by atoms with Crippen molar-refractivity contribution in [2.75, 3.05) is 5.32 Å². The number of hydrogen-bond acceptors (Lipinski definition) is 4. The number of amides is 1. The second kappa shape index (κ2) is 6.88. The molecule has 28 heavy (non-hydrogen) atoms. The summed E-state index contributed by atoms with van der Waals surface area (Å²) >= 11 is 0. The minimum atomic E-state index is -3.64. The molecule has 8 heteroatoms. The van der Waals surface area contributed by atoms with Crippen LogP contribution in [0.15, 0.2) is 53.4 Å². The number of benzene rings is 2. The van der Waals surface area contributed by atoms with Crippen molar-refractivity contribution >= 4 is 21.7 Å². The summed E-state index contributed by atoms with van der Waals surface area (Å²) < 4.78 is 27.4. The zero-order chi connectivity index (χ0) is 19.9. The van der Waals surface area contributed by atoms with Crippen molar-refractivity contribution in [1.29, 1.82) is 0 Å². The Kier molecular flexibility index (Phi) is 4.52. The molecular formula is C20H20N4O3S. The molecule has 7 nitrogen and oxygen atoms in total. The lowest BCUT2D eigenvalue weighted by Gasteiger charge is -2.17. The molecule has 0 bridgehead atoms. The van der Waals surface area contributed by atoms with Gasteiger partial charge in [0, 0.05) is 17.7 Å². The van der Waals surface area contributed by atoms with E-state index < -0.39 is 10.0 Å². The molecule has 144 valence electrons. The lowest BCUT2D eigenvalue weighted by molar-refractivity contribution is 0.102. The van der Waals surface area contributed by atoms with Gasteiger partial charge < -0.3 is 5.32 Å². The Morgan fingerprint density at radius 1 is 1.11 bits per heavy atom. The van der Waals surface area contributed by atoms with Gasteiger partial charge in [0.25, 0.3) is 5.91 Å². The Morgan fingerprint density at radius 2 is 1.89 bits per heavy atom. The molecule has 2 N–H and O–H groups in total. The van der Waals surface area contributed by atoms with Gasteiger partial charge in [0.15, 0.2) is 0 Å². The molecule has 1 aliphatic rings. The molecule has 0 spiro atoms. The summed E-state index contributed by atoms with van der Waals surface area (Å²) in [7, 11) is -3.64. The maximum absolute atomic E-state index is 13.0. The summed E-state index contributed by atoms with van der Waals surface area (Å²) in [5, 5.41) is 9.82. The van der Waals surface area contributed by atoms with Crippen molar-refractivity contribution in [2.24, 2.45) is 0 Å². The van der Waals surface area contributed by atoms with Gasteiger partial charge in [-0.3, -0.25) is 9.89 Å². The van der Waals surface area contributed by atoms with Gasteiger partial charge in [0.1, 0.15) is 5.82 Å². The largest absolute Gasteiger partial charge is 0.307 e. The third kappa shape index (κ3) is 3.21. The number of aromatic nitrogens is 2. The molecule has 1 aromatic heterocycles. The number of rotatable bonds is 4. The number of hydrogen-bond donors (Lipinski definition) is 2. The first-order valence-electron chi connectivity index (χ1n) is 8.86. The molecule has 0 saturated heterocycles. The number of nitrogens with one attached hydrogen (secondary N) is 2. The average molecular weight is 396 g/mol. The highest BCUT2D eigenvalue weighted by Crippen LogP contribution is 2.32. The van der Waals surface area contributed by atoms with Crippen molar-refractivity contribution < 1.29 is 13.2 Å². The molecule has 0 fully saturated rings. The molecule has 1 amide bonds. The molecular weight excluding hydrogens is 376 g/mol. The van der Waals surface area contributed by atoms with E-state index in [0.717, 1.165) is 5.56 Å². The molecule has 2 heterocycles. The molecule has 0 atom stereocenters. The van der Waals surface area contributed by atoms with Crippen molar-refractivity contribution in [3.05, 3.63) is 76.5 Å². The smallest absolute Gasteiger partial charge is 0.256 e. The normalized spacial score (nSPS) is 14.1. The van der Waals surface area contributed by atoms with E-state index in [0.29, 0.717) is 28.2 Å². The minimum Gasteiger partial charge on any atom is -0.307 e. The van der Waals surface area contributed by atoms with Crippen LogP contribution in [0, 0.1) is 13.8 Å². The summed E-state index contributed by atoms with van der Waals surface area (Å²) in [6, 6.07) is 14.2.